The molecule has 0 aliphatic carbocycles. The molecular formula is C8H4AgO5-2. The molecule has 1 rings (SSSR count). The number of carbonyl (C=O) groups is 2. The van der Waals surface area contributed by atoms with Gasteiger partial charge in [-0.2, -0.15) is 0 Å². The topological polar surface area (TPSA) is 100 Å². The van der Waals surface area contributed by atoms with Gasteiger partial charge in [-0.25, -0.2) is 4.79 Å². The van der Waals surface area contributed by atoms with E-state index in [0.717, 1.165) is 12.1 Å². The minimum atomic E-state index is -1.67. The summed E-state index contributed by atoms with van der Waals surface area (Å²) in [7, 11) is 0. The van der Waals surface area contributed by atoms with Gasteiger partial charge in [-0.1, -0.05) is 23.9 Å². The number of benzene rings is 1. The molecule has 0 fully saturated rings. The molecule has 14 heavy (non-hydrogen) atoms. The Kier molecular flexibility index (Phi) is 4.36. The van der Waals surface area contributed by atoms with E-state index in [0.29, 0.717) is 0 Å². The molecule has 1 aromatic rings. The van der Waals surface area contributed by atoms with Crippen molar-refractivity contribution in [2.24, 2.45) is 0 Å². The van der Waals surface area contributed by atoms with Gasteiger partial charge in [-0.15, -0.1) is 0 Å². The largest absolute Gasteiger partial charge is 0.872 e. The van der Waals surface area contributed by atoms with Gasteiger partial charge >= 0.3 is 5.97 Å². The number of carbonyl (C=O) groups excluding carboxylic acids is 1. The van der Waals surface area contributed by atoms with Gasteiger partial charge in [0.25, 0.3) is 0 Å². The van der Waals surface area contributed by atoms with Crippen molar-refractivity contribution >= 4 is 11.9 Å². The molecule has 0 heterocycles. The first kappa shape index (κ1) is 12.7. The Bertz CT molecular complexity index is 374. The van der Waals surface area contributed by atoms with Crippen LogP contribution in [-0.2, 0) is 22.4 Å². The maximum atomic E-state index is 10.9. The summed E-state index contributed by atoms with van der Waals surface area (Å²) in [6, 6.07) is 3.16. The van der Waals surface area contributed by atoms with Crippen LogP contribution in [0.1, 0.15) is 20.7 Å². The summed E-state index contributed by atoms with van der Waals surface area (Å²) in [6.45, 7) is 0. The zero-order valence-corrected chi connectivity index (χ0v) is 8.10. The predicted molar refractivity (Wildman–Crippen MR) is 37.2 cm³/mol. The maximum Gasteiger partial charge on any atom is 0.335 e. The molecular weight excluding hydrogens is 284 g/mol. The van der Waals surface area contributed by atoms with Crippen molar-refractivity contribution in [1.29, 1.82) is 0 Å². The smallest absolute Gasteiger partial charge is 0.335 e. The predicted octanol–water partition coefficient (Wildman–Crippen LogP) is -1.18. The van der Waals surface area contributed by atoms with Crippen LogP contribution in [0.15, 0.2) is 18.2 Å². The summed E-state index contributed by atoms with van der Waals surface area (Å²) in [4.78, 5) is 20.8. The van der Waals surface area contributed by atoms with E-state index in [1.54, 1.807) is 0 Å². The Morgan fingerprint density at radius 3 is 2.21 bits per heavy atom. The van der Waals surface area contributed by atoms with E-state index in [2.05, 4.69) is 0 Å². The third-order valence-corrected chi connectivity index (χ3v) is 1.46. The van der Waals surface area contributed by atoms with Gasteiger partial charge in [0.15, 0.2) is 0 Å². The summed E-state index contributed by atoms with van der Waals surface area (Å²) in [5, 5.41) is 29.8. The quantitative estimate of drug-likeness (QED) is 0.690. The SMILES string of the molecule is O=C([O-])c1cccc([O-])c1C(=O)O.[Ag]. The van der Waals surface area contributed by atoms with E-state index >= 15 is 0 Å². The van der Waals surface area contributed by atoms with E-state index in [1.807, 2.05) is 0 Å². The molecule has 1 aromatic carbocycles. The number of carboxylic acid groups (broad SMARTS) is 2. The summed E-state index contributed by atoms with van der Waals surface area (Å²) in [5.41, 5.74) is -1.36. The molecule has 0 aromatic heterocycles. The first-order chi connectivity index (χ1) is 6.04. The second kappa shape index (κ2) is 4.80. The summed E-state index contributed by atoms with van der Waals surface area (Å²) >= 11 is 0. The Hall–Kier alpha value is -1.30. The number of carboxylic acids is 2. The van der Waals surface area contributed by atoms with Gasteiger partial charge in [0, 0.05) is 27.9 Å². The van der Waals surface area contributed by atoms with E-state index in [9.17, 15) is 19.8 Å². The molecule has 5 nitrogen and oxygen atoms in total. The molecule has 1 radical (unpaired) electrons. The maximum absolute atomic E-state index is 10.9. The average Bonchev–Trinajstić information content (AvgIpc) is 2.02. The minimum Gasteiger partial charge on any atom is -0.872 e. The van der Waals surface area contributed by atoms with Crippen molar-refractivity contribution in [1.82, 2.24) is 0 Å². The Morgan fingerprint density at radius 1 is 1.29 bits per heavy atom. The number of aromatic carboxylic acids is 2. The van der Waals surface area contributed by atoms with Crippen molar-refractivity contribution in [2.75, 3.05) is 0 Å². The van der Waals surface area contributed by atoms with Crippen LogP contribution in [0.5, 0.6) is 5.75 Å². The van der Waals surface area contributed by atoms with E-state index in [1.165, 1.54) is 6.07 Å². The Labute approximate surface area is 94.5 Å². The van der Waals surface area contributed by atoms with Gasteiger partial charge in [-0.05, 0) is 0 Å². The normalized spacial score (nSPS) is 8.86. The monoisotopic (exact) mass is 287 g/mol. The van der Waals surface area contributed by atoms with Crippen LogP contribution in [0.3, 0.4) is 0 Å². The van der Waals surface area contributed by atoms with E-state index in [4.69, 9.17) is 5.11 Å². The average molecular weight is 288 g/mol. The van der Waals surface area contributed by atoms with Gasteiger partial charge < -0.3 is 20.1 Å². The van der Waals surface area contributed by atoms with Gasteiger partial charge in [0.2, 0.25) is 0 Å². The number of hydrogen-bond donors (Lipinski definition) is 1. The fourth-order valence-corrected chi connectivity index (χ4v) is 0.922. The fourth-order valence-electron chi connectivity index (χ4n) is 0.922. The third-order valence-electron chi connectivity index (χ3n) is 1.46. The van der Waals surface area contributed by atoms with Gasteiger partial charge in [-0.3, -0.25) is 0 Å². The van der Waals surface area contributed by atoms with Crippen LogP contribution in [0.4, 0.5) is 0 Å². The third kappa shape index (κ3) is 2.35. The zero-order valence-electron chi connectivity index (χ0n) is 6.61. The standard InChI is InChI=1S/C8H6O5.Ag/c9-5-3-1-2-4(7(10)11)6(5)8(12)13;/h1-3,9H,(H,10,11)(H,12,13);/p-2. The van der Waals surface area contributed by atoms with E-state index in [-0.39, 0.29) is 22.4 Å². The molecule has 6 heteroatoms. The number of hydrogen-bond acceptors (Lipinski definition) is 4. The second-order valence-electron chi connectivity index (χ2n) is 2.27. The van der Waals surface area contributed by atoms with E-state index < -0.39 is 28.8 Å². The van der Waals surface area contributed by atoms with Crippen molar-refractivity contribution in [2.45, 2.75) is 0 Å². The first-order valence-corrected chi connectivity index (χ1v) is 3.28. The van der Waals surface area contributed by atoms with Crippen molar-refractivity contribution < 1.29 is 47.3 Å². The molecule has 0 saturated heterocycles. The van der Waals surface area contributed by atoms with Crippen LogP contribution < -0.4 is 10.2 Å². The van der Waals surface area contributed by atoms with Crippen molar-refractivity contribution in [3.8, 4) is 5.75 Å². The molecule has 0 aliphatic rings. The molecule has 0 bridgehead atoms. The zero-order chi connectivity index (χ0) is 10.0. The van der Waals surface area contributed by atoms with Crippen LogP contribution in [-0.4, -0.2) is 17.0 Å². The molecule has 0 saturated carbocycles. The van der Waals surface area contributed by atoms with Gasteiger partial charge in [0.1, 0.15) is 0 Å². The van der Waals surface area contributed by atoms with Crippen LogP contribution in [0.2, 0.25) is 0 Å². The molecule has 0 aliphatic heterocycles. The minimum absolute atomic E-state index is 0. The molecule has 0 unspecified atom stereocenters. The fraction of sp³-hybridized carbons (Fsp3) is 0. The Balaban J connectivity index is 0.00000169. The second-order valence-corrected chi connectivity index (χ2v) is 2.27. The van der Waals surface area contributed by atoms with Crippen LogP contribution in [0, 0.1) is 0 Å². The summed E-state index contributed by atoms with van der Waals surface area (Å²) in [6.07, 6.45) is 0. The molecule has 1 N–H and O–H groups in total. The van der Waals surface area contributed by atoms with Crippen molar-refractivity contribution in [3.63, 3.8) is 0 Å². The Morgan fingerprint density at radius 2 is 1.86 bits per heavy atom. The van der Waals surface area contributed by atoms with Crippen LogP contribution in [0.25, 0.3) is 0 Å². The van der Waals surface area contributed by atoms with Crippen molar-refractivity contribution in [3.05, 3.63) is 29.3 Å². The molecule has 0 amide bonds. The van der Waals surface area contributed by atoms with Crippen LogP contribution >= 0.6 is 0 Å². The molecule has 0 atom stereocenters. The first-order valence-electron chi connectivity index (χ1n) is 3.28. The summed E-state index contributed by atoms with van der Waals surface area (Å²) < 4.78 is 0. The molecule has 0 spiro atoms. The molecule has 79 valence electrons. The number of rotatable bonds is 2. The summed E-state index contributed by atoms with van der Waals surface area (Å²) in [5.74, 6) is -4.07. The van der Waals surface area contributed by atoms with Gasteiger partial charge in [0.05, 0.1) is 11.5 Å².